The van der Waals surface area contributed by atoms with Crippen LogP contribution in [-0.4, -0.2) is 42.1 Å². The first kappa shape index (κ1) is 22.3. The fourth-order valence-electron chi connectivity index (χ4n) is 4.00. The Morgan fingerprint density at radius 2 is 1.88 bits per heavy atom. The van der Waals surface area contributed by atoms with E-state index in [-0.39, 0.29) is 30.5 Å². The average Bonchev–Trinajstić information content (AvgIpc) is 3.42. The van der Waals surface area contributed by atoms with Crippen molar-refractivity contribution < 1.29 is 23.5 Å². The first-order chi connectivity index (χ1) is 15.9. The lowest BCUT2D eigenvalue weighted by molar-refractivity contribution is -0.126. The van der Waals surface area contributed by atoms with Crippen LogP contribution in [0, 0.1) is 11.7 Å². The molecule has 0 bridgehead atoms. The number of nitrogens with zero attached hydrogens (tertiary/aromatic N) is 3. The molecule has 1 aliphatic heterocycles. The minimum atomic E-state index is -0.632. The standard InChI is InChI=1S/C24H25FN4O4/c1-28-9-8-26-23(28)22(15-10-17(32-2)13-18(11-15)33-3)27-24(31)16-12-21(30)29(14-16)20-7-5-4-6-19(20)25/h4-11,13,16,22H,12,14H2,1-3H3,(H,27,31)/t16-,22-/m0/s1. The van der Waals surface area contributed by atoms with Gasteiger partial charge in [-0.1, -0.05) is 12.1 Å². The van der Waals surface area contributed by atoms with E-state index in [0.717, 1.165) is 0 Å². The van der Waals surface area contributed by atoms with Crippen LogP contribution in [0.2, 0.25) is 0 Å². The molecule has 4 rings (SSSR count). The largest absolute Gasteiger partial charge is 0.497 e. The van der Waals surface area contributed by atoms with Crippen LogP contribution in [0.1, 0.15) is 23.9 Å². The molecular weight excluding hydrogens is 427 g/mol. The summed E-state index contributed by atoms with van der Waals surface area (Å²) in [6.45, 7) is 0.0975. The molecule has 2 heterocycles. The van der Waals surface area contributed by atoms with Gasteiger partial charge in [-0.25, -0.2) is 9.37 Å². The normalized spacial score (nSPS) is 16.5. The second kappa shape index (κ2) is 9.32. The van der Waals surface area contributed by atoms with Gasteiger partial charge in [-0.05, 0) is 29.8 Å². The summed E-state index contributed by atoms with van der Waals surface area (Å²) in [4.78, 5) is 31.6. The average molecular weight is 452 g/mol. The van der Waals surface area contributed by atoms with Crippen molar-refractivity contribution in [3.8, 4) is 11.5 Å². The third-order valence-electron chi connectivity index (χ3n) is 5.75. The highest BCUT2D eigenvalue weighted by molar-refractivity contribution is 6.00. The quantitative estimate of drug-likeness (QED) is 0.596. The Morgan fingerprint density at radius 1 is 1.18 bits per heavy atom. The Balaban J connectivity index is 1.61. The van der Waals surface area contributed by atoms with Gasteiger partial charge in [-0.3, -0.25) is 9.59 Å². The molecule has 2 aromatic carbocycles. The van der Waals surface area contributed by atoms with Gasteiger partial charge in [0.15, 0.2) is 0 Å². The number of aromatic nitrogens is 2. The van der Waals surface area contributed by atoms with E-state index < -0.39 is 17.8 Å². The number of benzene rings is 2. The van der Waals surface area contributed by atoms with E-state index in [1.54, 1.807) is 56.9 Å². The number of imidazole rings is 1. The molecule has 33 heavy (non-hydrogen) atoms. The maximum atomic E-state index is 14.2. The van der Waals surface area contributed by atoms with Gasteiger partial charge in [0.1, 0.15) is 29.2 Å². The third-order valence-corrected chi connectivity index (χ3v) is 5.75. The minimum Gasteiger partial charge on any atom is -0.497 e. The number of aryl methyl sites for hydroxylation is 1. The lowest BCUT2D eigenvalue weighted by atomic mass is 10.0. The number of ether oxygens (including phenoxy) is 2. The number of nitrogens with one attached hydrogen (secondary N) is 1. The first-order valence-corrected chi connectivity index (χ1v) is 10.5. The van der Waals surface area contributed by atoms with Crippen LogP contribution in [0.5, 0.6) is 11.5 Å². The zero-order chi connectivity index (χ0) is 23.5. The molecular formula is C24H25FN4O4. The zero-order valence-electron chi connectivity index (χ0n) is 18.6. The highest BCUT2D eigenvalue weighted by Crippen LogP contribution is 2.31. The number of hydrogen-bond donors (Lipinski definition) is 1. The number of carbonyl (C=O) groups is 2. The highest BCUT2D eigenvalue weighted by atomic mass is 19.1. The van der Waals surface area contributed by atoms with Crippen molar-refractivity contribution in [2.24, 2.45) is 13.0 Å². The van der Waals surface area contributed by atoms with E-state index in [2.05, 4.69) is 10.3 Å². The Labute approximate surface area is 190 Å². The molecule has 1 N–H and O–H groups in total. The van der Waals surface area contributed by atoms with E-state index >= 15 is 0 Å². The summed E-state index contributed by atoms with van der Waals surface area (Å²) >= 11 is 0. The second-order valence-electron chi connectivity index (χ2n) is 7.84. The molecule has 0 spiro atoms. The van der Waals surface area contributed by atoms with Crippen LogP contribution >= 0.6 is 0 Å². The zero-order valence-corrected chi connectivity index (χ0v) is 18.6. The molecule has 0 radical (unpaired) electrons. The molecule has 2 atom stereocenters. The fourth-order valence-corrected chi connectivity index (χ4v) is 4.00. The second-order valence-corrected chi connectivity index (χ2v) is 7.84. The van der Waals surface area contributed by atoms with Gasteiger partial charge in [0, 0.05) is 38.5 Å². The van der Waals surface area contributed by atoms with Gasteiger partial charge in [0.05, 0.1) is 25.8 Å². The Kier molecular flexibility index (Phi) is 6.30. The van der Waals surface area contributed by atoms with E-state index in [1.807, 2.05) is 11.6 Å². The van der Waals surface area contributed by atoms with Crippen LogP contribution in [-0.2, 0) is 16.6 Å². The molecule has 172 valence electrons. The van der Waals surface area contributed by atoms with Crippen LogP contribution < -0.4 is 19.7 Å². The van der Waals surface area contributed by atoms with Crippen LogP contribution in [0.15, 0.2) is 54.9 Å². The topological polar surface area (TPSA) is 85.7 Å². The van der Waals surface area contributed by atoms with Crippen molar-refractivity contribution in [2.45, 2.75) is 12.5 Å². The van der Waals surface area contributed by atoms with Crippen molar-refractivity contribution in [3.05, 3.63) is 72.1 Å². The molecule has 9 heteroatoms. The van der Waals surface area contributed by atoms with E-state index in [9.17, 15) is 14.0 Å². The molecule has 1 aromatic heterocycles. The van der Waals surface area contributed by atoms with Crippen LogP contribution in [0.4, 0.5) is 10.1 Å². The predicted octanol–water partition coefficient (Wildman–Crippen LogP) is 2.84. The van der Waals surface area contributed by atoms with Gasteiger partial charge >= 0.3 is 0 Å². The minimum absolute atomic E-state index is 0.00507. The molecule has 1 saturated heterocycles. The van der Waals surface area contributed by atoms with Crippen molar-refractivity contribution in [3.63, 3.8) is 0 Å². The Morgan fingerprint density at radius 3 is 2.48 bits per heavy atom. The number of carbonyl (C=O) groups excluding carboxylic acids is 2. The summed E-state index contributed by atoms with van der Waals surface area (Å²) in [6.07, 6.45) is 3.42. The van der Waals surface area contributed by atoms with E-state index in [1.165, 1.54) is 17.0 Å². The molecule has 1 fully saturated rings. The summed E-state index contributed by atoms with van der Waals surface area (Å²) in [5.41, 5.74) is 0.889. The first-order valence-electron chi connectivity index (χ1n) is 10.5. The number of hydrogen-bond acceptors (Lipinski definition) is 5. The molecule has 2 amide bonds. The Hall–Kier alpha value is -3.88. The number of halogens is 1. The smallest absolute Gasteiger partial charge is 0.227 e. The molecule has 0 unspecified atom stereocenters. The number of amides is 2. The summed E-state index contributed by atoms with van der Waals surface area (Å²) in [5.74, 6) is -0.00411. The summed E-state index contributed by atoms with van der Waals surface area (Å²) < 4.78 is 26.8. The maximum Gasteiger partial charge on any atom is 0.227 e. The lowest BCUT2D eigenvalue weighted by Gasteiger charge is -2.22. The predicted molar refractivity (Wildman–Crippen MR) is 120 cm³/mol. The molecule has 0 saturated carbocycles. The molecule has 0 aliphatic carbocycles. The lowest BCUT2D eigenvalue weighted by Crippen LogP contribution is -2.37. The summed E-state index contributed by atoms with van der Waals surface area (Å²) in [7, 11) is 4.93. The monoisotopic (exact) mass is 452 g/mol. The van der Waals surface area contributed by atoms with Crippen molar-refractivity contribution in [2.75, 3.05) is 25.7 Å². The SMILES string of the molecule is COc1cc(OC)cc([C@H](NC(=O)[C@H]2CC(=O)N(c3ccccc3F)C2)c2nccn2C)c1. The van der Waals surface area contributed by atoms with Gasteiger partial charge in [0.2, 0.25) is 11.8 Å². The van der Waals surface area contributed by atoms with Crippen LogP contribution in [0.3, 0.4) is 0 Å². The summed E-state index contributed by atoms with van der Waals surface area (Å²) in [5, 5.41) is 3.02. The van der Waals surface area contributed by atoms with Gasteiger partial charge < -0.3 is 24.3 Å². The summed E-state index contributed by atoms with van der Waals surface area (Å²) in [6, 6.07) is 10.8. The van der Waals surface area contributed by atoms with Crippen molar-refractivity contribution in [1.29, 1.82) is 0 Å². The maximum absolute atomic E-state index is 14.2. The fraction of sp³-hybridized carbons (Fsp3) is 0.292. The van der Waals surface area contributed by atoms with Gasteiger partial charge in [0.25, 0.3) is 0 Å². The van der Waals surface area contributed by atoms with E-state index in [4.69, 9.17) is 9.47 Å². The number of methoxy groups -OCH3 is 2. The van der Waals surface area contributed by atoms with Gasteiger partial charge in [-0.2, -0.15) is 0 Å². The van der Waals surface area contributed by atoms with Crippen LogP contribution in [0.25, 0.3) is 0 Å². The number of rotatable bonds is 7. The highest BCUT2D eigenvalue weighted by Gasteiger charge is 2.37. The number of anilines is 1. The third kappa shape index (κ3) is 4.52. The van der Waals surface area contributed by atoms with Crippen molar-refractivity contribution in [1.82, 2.24) is 14.9 Å². The Bertz CT molecular complexity index is 1160. The number of para-hydroxylation sites is 1. The molecule has 3 aromatic rings. The van der Waals surface area contributed by atoms with Crippen molar-refractivity contribution >= 4 is 17.5 Å². The van der Waals surface area contributed by atoms with Gasteiger partial charge in [-0.15, -0.1) is 0 Å². The molecule has 8 nitrogen and oxygen atoms in total. The van der Waals surface area contributed by atoms with E-state index in [0.29, 0.717) is 22.9 Å². The molecule has 1 aliphatic rings.